The van der Waals surface area contributed by atoms with Crippen molar-refractivity contribution < 1.29 is 19.1 Å². The number of aromatic nitrogens is 1. The molecule has 6 nitrogen and oxygen atoms in total. The molecule has 28 heavy (non-hydrogen) atoms. The van der Waals surface area contributed by atoms with Gasteiger partial charge in [0.25, 0.3) is 5.91 Å². The van der Waals surface area contributed by atoms with Gasteiger partial charge in [-0.2, -0.15) is 0 Å². The molecule has 0 aliphatic heterocycles. The maximum absolute atomic E-state index is 12.3. The average Bonchev–Trinajstić information content (AvgIpc) is 3.37. The van der Waals surface area contributed by atoms with Crippen molar-refractivity contribution in [1.29, 1.82) is 0 Å². The van der Waals surface area contributed by atoms with Crippen LogP contribution in [0.15, 0.2) is 47.8 Å². The number of ether oxygens (including phenoxy) is 2. The summed E-state index contributed by atoms with van der Waals surface area (Å²) < 4.78 is 9.97. The van der Waals surface area contributed by atoms with Crippen LogP contribution < -0.4 is 5.32 Å². The van der Waals surface area contributed by atoms with Crippen LogP contribution in [0.2, 0.25) is 0 Å². The number of thiophene rings is 1. The van der Waals surface area contributed by atoms with Crippen LogP contribution in [0, 0.1) is 0 Å². The Kier molecular flexibility index (Phi) is 7.30. The highest BCUT2D eigenvalue weighted by Crippen LogP contribution is 2.36. The number of methoxy groups -OCH3 is 1. The fourth-order valence-corrected chi connectivity index (χ4v) is 4.33. The van der Waals surface area contributed by atoms with Crippen molar-refractivity contribution in [2.24, 2.45) is 0 Å². The molecule has 0 radical (unpaired) electrons. The van der Waals surface area contributed by atoms with E-state index in [1.54, 1.807) is 18.4 Å². The van der Waals surface area contributed by atoms with Gasteiger partial charge in [0.2, 0.25) is 0 Å². The van der Waals surface area contributed by atoms with Crippen LogP contribution in [0.5, 0.6) is 0 Å². The van der Waals surface area contributed by atoms with Gasteiger partial charge >= 0.3 is 5.97 Å². The molecule has 0 aliphatic rings. The van der Waals surface area contributed by atoms with Crippen LogP contribution in [-0.2, 0) is 25.5 Å². The molecule has 1 N–H and O–H groups in total. The average molecular weight is 417 g/mol. The lowest BCUT2D eigenvalue weighted by atomic mass is 10.2. The third-order valence-electron chi connectivity index (χ3n) is 3.77. The van der Waals surface area contributed by atoms with Crippen molar-refractivity contribution in [2.45, 2.75) is 6.42 Å². The SMILES string of the molecule is COCCNC(=O)COC(=O)Cc1sc(-c2ccccc2)nc1-c1cccs1. The molecule has 8 heteroatoms. The van der Waals surface area contributed by atoms with E-state index >= 15 is 0 Å². The van der Waals surface area contributed by atoms with Crippen molar-refractivity contribution in [3.8, 4) is 21.1 Å². The zero-order valence-electron chi connectivity index (χ0n) is 15.3. The number of carbonyl (C=O) groups is 2. The first kappa shape index (κ1) is 20.2. The molecule has 1 aromatic carbocycles. The van der Waals surface area contributed by atoms with Gasteiger partial charge in [-0.3, -0.25) is 9.59 Å². The Morgan fingerprint density at radius 2 is 1.96 bits per heavy atom. The number of thiazole rings is 1. The number of hydrogen-bond donors (Lipinski definition) is 1. The summed E-state index contributed by atoms with van der Waals surface area (Å²) in [5, 5.41) is 5.44. The number of rotatable bonds is 9. The highest BCUT2D eigenvalue weighted by molar-refractivity contribution is 7.17. The molecule has 0 unspecified atom stereocenters. The molecule has 3 rings (SSSR count). The van der Waals surface area contributed by atoms with Crippen molar-refractivity contribution in [3.63, 3.8) is 0 Å². The smallest absolute Gasteiger partial charge is 0.311 e. The summed E-state index contributed by atoms with van der Waals surface area (Å²) in [4.78, 5) is 30.5. The minimum absolute atomic E-state index is 0.0725. The summed E-state index contributed by atoms with van der Waals surface area (Å²) >= 11 is 3.04. The van der Waals surface area contributed by atoms with Gasteiger partial charge in [0.05, 0.1) is 23.6 Å². The summed E-state index contributed by atoms with van der Waals surface area (Å²) in [7, 11) is 1.55. The topological polar surface area (TPSA) is 77.5 Å². The second kappa shape index (κ2) is 10.1. The van der Waals surface area contributed by atoms with Gasteiger partial charge in [0.15, 0.2) is 6.61 Å². The minimum Gasteiger partial charge on any atom is -0.455 e. The normalized spacial score (nSPS) is 10.6. The first-order valence-electron chi connectivity index (χ1n) is 8.67. The van der Waals surface area contributed by atoms with E-state index in [4.69, 9.17) is 14.5 Å². The molecule has 0 spiro atoms. The molecule has 0 saturated carbocycles. The molecule has 0 atom stereocenters. The van der Waals surface area contributed by atoms with Gasteiger partial charge in [-0.1, -0.05) is 36.4 Å². The lowest BCUT2D eigenvalue weighted by molar-refractivity contribution is -0.147. The molecular formula is C20H20N2O4S2. The lowest BCUT2D eigenvalue weighted by Gasteiger charge is -2.06. The van der Waals surface area contributed by atoms with Crippen LogP contribution in [0.1, 0.15) is 4.88 Å². The van der Waals surface area contributed by atoms with Gasteiger partial charge < -0.3 is 14.8 Å². The molecule has 146 valence electrons. The van der Waals surface area contributed by atoms with Gasteiger partial charge in [-0.15, -0.1) is 22.7 Å². The number of hydrogen-bond acceptors (Lipinski definition) is 7. The predicted molar refractivity (Wildman–Crippen MR) is 110 cm³/mol. The van der Waals surface area contributed by atoms with Crippen LogP contribution >= 0.6 is 22.7 Å². The number of nitrogens with zero attached hydrogens (tertiary/aromatic N) is 1. The number of nitrogens with one attached hydrogen (secondary N) is 1. The van der Waals surface area contributed by atoms with Crippen molar-refractivity contribution in [2.75, 3.05) is 26.9 Å². The molecule has 0 saturated heterocycles. The van der Waals surface area contributed by atoms with E-state index in [0.717, 1.165) is 26.0 Å². The molecule has 0 fully saturated rings. The summed E-state index contributed by atoms with van der Waals surface area (Å²) in [5.41, 5.74) is 1.79. The first-order chi connectivity index (χ1) is 13.7. The second-order valence-corrected chi connectivity index (χ2v) is 7.85. The lowest BCUT2D eigenvalue weighted by Crippen LogP contribution is -2.31. The highest BCUT2D eigenvalue weighted by Gasteiger charge is 2.19. The van der Waals surface area contributed by atoms with E-state index in [1.807, 2.05) is 47.8 Å². The monoisotopic (exact) mass is 416 g/mol. The van der Waals surface area contributed by atoms with E-state index in [-0.39, 0.29) is 18.9 Å². The third kappa shape index (κ3) is 5.48. The summed E-state index contributed by atoms with van der Waals surface area (Å²) in [6, 6.07) is 13.8. The fraction of sp³-hybridized carbons (Fsp3) is 0.250. The van der Waals surface area contributed by atoms with Gasteiger partial charge in [0.1, 0.15) is 5.01 Å². The van der Waals surface area contributed by atoms with E-state index in [9.17, 15) is 9.59 Å². The van der Waals surface area contributed by atoms with Crippen molar-refractivity contribution >= 4 is 34.6 Å². The van der Waals surface area contributed by atoms with Gasteiger partial charge in [-0.25, -0.2) is 4.98 Å². The van der Waals surface area contributed by atoms with Gasteiger partial charge in [0, 0.05) is 24.1 Å². The fourth-order valence-electron chi connectivity index (χ4n) is 2.45. The molecule has 3 aromatic rings. The van der Waals surface area contributed by atoms with Crippen LogP contribution in [0.25, 0.3) is 21.1 Å². The maximum Gasteiger partial charge on any atom is 0.311 e. The van der Waals surface area contributed by atoms with E-state index in [0.29, 0.717) is 13.2 Å². The Morgan fingerprint density at radius 3 is 2.68 bits per heavy atom. The second-order valence-electron chi connectivity index (χ2n) is 5.81. The number of carbonyl (C=O) groups excluding carboxylic acids is 2. The molecular weight excluding hydrogens is 396 g/mol. The molecule has 1 amide bonds. The third-order valence-corrected chi connectivity index (χ3v) is 5.75. The Labute approximate surface area is 171 Å². The Bertz CT molecular complexity index is 908. The molecule has 0 bridgehead atoms. The molecule has 2 aromatic heterocycles. The van der Waals surface area contributed by atoms with Crippen molar-refractivity contribution in [3.05, 3.63) is 52.7 Å². The largest absolute Gasteiger partial charge is 0.455 e. The standard InChI is InChI=1S/C20H20N2O4S2/c1-25-10-9-21-17(23)13-26-18(24)12-16-19(15-8-5-11-27-15)22-20(28-16)14-6-3-2-4-7-14/h2-8,11H,9-10,12-13H2,1H3,(H,21,23). The van der Waals surface area contributed by atoms with Crippen LogP contribution in [0.4, 0.5) is 0 Å². The molecule has 0 aliphatic carbocycles. The van der Waals surface area contributed by atoms with Crippen LogP contribution in [-0.4, -0.2) is 43.7 Å². The summed E-state index contributed by atoms with van der Waals surface area (Å²) in [5.74, 6) is -0.805. The predicted octanol–water partition coefficient (Wildman–Crippen LogP) is 3.39. The highest BCUT2D eigenvalue weighted by atomic mass is 32.1. The maximum atomic E-state index is 12.3. The Balaban J connectivity index is 1.69. The van der Waals surface area contributed by atoms with Crippen LogP contribution in [0.3, 0.4) is 0 Å². The Morgan fingerprint density at radius 1 is 1.14 bits per heavy atom. The van der Waals surface area contributed by atoms with E-state index < -0.39 is 5.97 Å². The first-order valence-corrected chi connectivity index (χ1v) is 10.4. The molecule has 2 heterocycles. The summed E-state index contributed by atoms with van der Waals surface area (Å²) in [6.45, 7) is 0.485. The number of amides is 1. The van der Waals surface area contributed by atoms with E-state index in [2.05, 4.69) is 5.32 Å². The number of esters is 1. The zero-order valence-corrected chi connectivity index (χ0v) is 17.0. The summed E-state index contributed by atoms with van der Waals surface area (Å²) in [6.07, 6.45) is 0.0725. The Hall–Kier alpha value is -2.55. The van der Waals surface area contributed by atoms with Crippen molar-refractivity contribution in [1.82, 2.24) is 10.3 Å². The quantitative estimate of drug-likeness (QED) is 0.427. The van der Waals surface area contributed by atoms with Gasteiger partial charge in [-0.05, 0) is 11.4 Å². The van der Waals surface area contributed by atoms with E-state index in [1.165, 1.54) is 11.3 Å². The minimum atomic E-state index is -0.456. The zero-order chi connectivity index (χ0) is 19.8. The number of benzene rings is 1.